The first-order valence-electron chi connectivity index (χ1n) is 6.53. The Morgan fingerprint density at radius 3 is 2.72 bits per heavy atom. The van der Waals surface area contributed by atoms with Crippen LogP contribution in [0.2, 0.25) is 0 Å². The minimum atomic E-state index is -0.372. The summed E-state index contributed by atoms with van der Waals surface area (Å²) in [5.41, 5.74) is 5.82. The molecular formula is C12H22N4O2. The number of carbonyl (C=O) groups is 2. The van der Waals surface area contributed by atoms with E-state index in [2.05, 4.69) is 17.6 Å². The van der Waals surface area contributed by atoms with E-state index >= 15 is 0 Å². The first-order valence-corrected chi connectivity index (χ1v) is 6.53. The third kappa shape index (κ3) is 3.68. The minimum absolute atomic E-state index is 0.108. The van der Waals surface area contributed by atoms with E-state index in [0.717, 1.165) is 32.4 Å². The standard InChI is InChI=1S/C12H22N4O2/c1-12(7-13)4-5-16(8-12)6-10(17)15-11(18)14-9-2-3-9/h9H,2-8,13H2,1H3,(H2,14,15,17,18). The smallest absolute Gasteiger partial charge is 0.321 e. The fourth-order valence-corrected chi connectivity index (χ4v) is 2.25. The molecule has 4 N–H and O–H groups in total. The van der Waals surface area contributed by atoms with E-state index in [1.165, 1.54) is 0 Å². The van der Waals surface area contributed by atoms with Crippen molar-refractivity contribution in [1.82, 2.24) is 15.5 Å². The van der Waals surface area contributed by atoms with Crippen molar-refractivity contribution in [3.8, 4) is 0 Å². The van der Waals surface area contributed by atoms with Crippen molar-refractivity contribution in [2.24, 2.45) is 11.1 Å². The molecule has 0 bridgehead atoms. The largest absolute Gasteiger partial charge is 0.335 e. The third-order valence-electron chi connectivity index (χ3n) is 3.66. The highest BCUT2D eigenvalue weighted by atomic mass is 16.2. The molecule has 0 aromatic carbocycles. The summed E-state index contributed by atoms with van der Waals surface area (Å²) in [5, 5.41) is 5.09. The molecule has 6 heteroatoms. The van der Waals surface area contributed by atoms with E-state index in [-0.39, 0.29) is 29.9 Å². The van der Waals surface area contributed by atoms with Crippen LogP contribution in [0, 0.1) is 5.41 Å². The quantitative estimate of drug-likeness (QED) is 0.639. The Labute approximate surface area is 107 Å². The summed E-state index contributed by atoms with van der Waals surface area (Å²) < 4.78 is 0. The molecule has 0 aromatic rings. The van der Waals surface area contributed by atoms with Gasteiger partial charge in [0.25, 0.3) is 0 Å². The minimum Gasteiger partial charge on any atom is -0.335 e. The van der Waals surface area contributed by atoms with Gasteiger partial charge in [0.15, 0.2) is 0 Å². The van der Waals surface area contributed by atoms with Crippen LogP contribution in [-0.4, -0.2) is 49.1 Å². The van der Waals surface area contributed by atoms with Crippen LogP contribution in [0.3, 0.4) is 0 Å². The third-order valence-corrected chi connectivity index (χ3v) is 3.66. The van der Waals surface area contributed by atoms with Crippen molar-refractivity contribution in [2.45, 2.75) is 32.2 Å². The van der Waals surface area contributed by atoms with E-state index < -0.39 is 0 Å². The zero-order chi connectivity index (χ0) is 13.2. The summed E-state index contributed by atoms with van der Waals surface area (Å²) in [7, 11) is 0. The number of amides is 3. The summed E-state index contributed by atoms with van der Waals surface area (Å²) in [6, 6.07) is -0.103. The molecular weight excluding hydrogens is 232 g/mol. The molecule has 0 aromatic heterocycles. The molecule has 2 fully saturated rings. The van der Waals surface area contributed by atoms with Gasteiger partial charge in [0, 0.05) is 12.6 Å². The monoisotopic (exact) mass is 254 g/mol. The molecule has 0 spiro atoms. The van der Waals surface area contributed by atoms with Gasteiger partial charge in [-0.1, -0.05) is 6.92 Å². The van der Waals surface area contributed by atoms with Crippen LogP contribution in [0.1, 0.15) is 26.2 Å². The maximum Gasteiger partial charge on any atom is 0.321 e. The van der Waals surface area contributed by atoms with Gasteiger partial charge in [-0.3, -0.25) is 15.0 Å². The first-order chi connectivity index (χ1) is 8.50. The van der Waals surface area contributed by atoms with E-state index in [4.69, 9.17) is 5.73 Å². The lowest BCUT2D eigenvalue weighted by Crippen LogP contribution is -2.45. The van der Waals surface area contributed by atoms with Crippen LogP contribution >= 0.6 is 0 Å². The average Bonchev–Trinajstić information content (AvgIpc) is 3.02. The summed E-state index contributed by atoms with van der Waals surface area (Å²) >= 11 is 0. The summed E-state index contributed by atoms with van der Waals surface area (Å²) in [5.74, 6) is -0.241. The molecule has 102 valence electrons. The molecule has 1 saturated heterocycles. The Kier molecular flexibility index (Phi) is 3.87. The van der Waals surface area contributed by atoms with Gasteiger partial charge >= 0.3 is 6.03 Å². The molecule has 1 aliphatic carbocycles. The number of nitrogens with zero attached hydrogens (tertiary/aromatic N) is 1. The number of likely N-dealkylation sites (tertiary alicyclic amines) is 1. The molecule has 1 heterocycles. The molecule has 3 amide bonds. The second kappa shape index (κ2) is 5.24. The van der Waals surface area contributed by atoms with Crippen molar-refractivity contribution in [1.29, 1.82) is 0 Å². The van der Waals surface area contributed by atoms with Crippen molar-refractivity contribution >= 4 is 11.9 Å². The molecule has 1 saturated carbocycles. The first kappa shape index (κ1) is 13.3. The Bertz CT molecular complexity index is 343. The number of rotatable bonds is 4. The number of nitrogens with two attached hydrogens (primary N) is 1. The van der Waals surface area contributed by atoms with Gasteiger partial charge in [-0.25, -0.2) is 4.79 Å². The van der Waals surface area contributed by atoms with Crippen molar-refractivity contribution < 1.29 is 9.59 Å². The molecule has 1 aliphatic heterocycles. The fraction of sp³-hybridized carbons (Fsp3) is 0.833. The Morgan fingerprint density at radius 2 is 2.17 bits per heavy atom. The summed E-state index contributed by atoms with van der Waals surface area (Å²) in [6.45, 7) is 4.72. The van der Waals surface area contributed by atoms with Crippen LogP contribution in [0.25, 0.3) is 0 Å². The molecule has 6 nitrogen and oxygen atoms in total. The predicted molar refractivity (Wildman–Crippen MR) is 67.9 cm³/mol. The molecule has 18 heavy (non-hydrogen) atoms. The van der Waals surface area contributed by atoms with Gasteiger partial charge < -0.3 is 11.1 Å². The summed E-state index contributed by atoms with van der Waals surface area (Å²) in [4.78, 5) is 25.1. The zero-order valence-corrected chi connectivity index (χ0v) is 10.9. The van der Waals surface area contributed by atoms with Gasteiger partial charge in [-0.15, -0.1) is 0 Å². The predicted octanol–water partition coefficient (Wildman–Crippen LogP) is -0.355. The van der Waals surface area contributed by atoms with Crippen LogP contribution < -0.4 is 16.4 Å². The molecule has 2 aliphatic rings. The van der Waals surface area contributed by atoms with Crippen molar-refractivity contribution in [3.05, 3.63) is 0 Å². The van der Waals surface area contributed by atoms with Gasteiger partial charge in [-0.2, -0.15) is 0 Å². The highest BCUT2D eigenvalue weighted by Gasteiger charge is 2.33. The molecule has 2 rings (SSSR count). The Hall–Kier alpha value is -1.14. The zero-order valence-electron chi connectivity index (χ0n) is 10.9. The van der Waals surface area contributed by atoms with Gasteiger partial charge in [0.1, 0.15) is 0 Å². The normalized spacial score (nSPS) is 28.1. The highest BCUT2D eigenvalue weighted by molar-refractivity contribution is 5.95. The Balaban J connectivity index is 1.69. The molecule has 1 atom stereocenters. The maximum absolute atomic E-state index is 11.7. The number of carbonyl (C=O) groups excluding carboxylic acids is 2. The van der Waals surface area contributed by atoms with E-state index in [0.29, 0.717) is 6.54 Å². The lowest BCUT2D eigenvalue weighted by atomic mass is 9.90. The lowest BCUT2D eigenvalue weighted by molar-refractivity contribution is -0.121. The number of hydrogen-bond acceptors (Lipinski definition) is 4. The van der Waals surface area contributed by atoms with Crippen LogP contribution in [0.15, 0.2) is 0 Å². The van der Waals surface area contributed by atoms with Crippen LogP contribution in [0.5, 0.6) is 0 Å². The molecule has 1 unspecified atom stereocenters. The van der Waals surface area contributed by atoms with Crippen molar-refractivity contribution in [3.63, 3.8) is 0 Å². The number of hydrogen-bond donors (Lipinski definition) is 3. The van der Waals surface area contributed by atoms with Gasteiger partial charge in [-0.05, 0) is 37.8 Å². The SMILES string of the molecule is CC1(CN)CCN(CC(=O)NC(=O)NC2CC2)C1. The summed E-state index contributed by atoms with van der Waals surface area (Å²) in [6.07, 6.45) is 3.04. The number of nitrogens with one attached hydrogen (secondary N) is 2. The topological polar surface area (TPSA) is 87.5 Å². The van der Waals surface area contributed by atoms with Gasteiger partial charge in [0.05, 0.1) is 6.54 Å². The van der Waals surface area contributed by atoms with Gasteiger partial charge in [0.2, 0.25) is 5.91 Å². The number of imide groups is 1. The Morgan fingerprint density at radius 1 is 1.44 bits per heavy atom. The maximum atomic E-state index is 11.7. The second-order valence-electron chi connectivity index (χ2n) is 5.77. The lowest BCUT2D eigenvalue weighted by Gasteiger charge is -2.22. The second-order valence-corrected chi connectivity index (χ2v) is 5.77. The molecule has 0 radical (unpaired) electrons. The van der Waals surface area contributed by atoms with Crippen LogP contribution in [-0.2, 0) is 4.79 Å². The van der Waals surface area contributed by atoms with Crippen LogP contribution in [0.4, 0.5) is 4.79 Å². The van der Waals surface area contributed by atoms with Crippen molar-refractivity contribution in [2.75, 3.05) is 26.2 Å². The average molecular weight is 254 g/mol. The number of urea groups is 1. The highest BCUT2D eigenvalue weighted by Crippen LogP contribution is 2.27. The van der Waals surface area contributed by atoms with E-state index in [1.807, 2.05) is 4.90 Å². The fourth-order valence-electron chi connectivity index (χ4n) is 2.25. The van der Waals surface area contributed by atoms with E-state index in [9.17, 15) is 9.59 Å². The van der Waals surface area contributed by atoms with E-state index in [1.54, 1.807) is 0 Å².